The SMILES string of the molecule is CC(=O)c1ccccc1OCCCCOc1ccc(/C=C/c2cccc3c2c(CC(=O)O)cn3CCCC(=O)O)cc1. The number of hydrogen-bond acceptors (Lipinski definition) is 5. The lowest BCUT2D eigenvalue weighted by molar-refractivity contribution is -0.137. The smallest absolute Gasteiger partial charge is 0.307 e. The number of rotatable bonds is 16. The van der Waals surface area contributed by atoms with Crippen LogP contribution in [0.4, 0.5) is 0 Å². The maximum atomic E-state index is 11.7. The van der Waals surface area contributed by atoms with E-state index >= 15 is 0 Å². The van der Waals surface area contributed by atoms with Crippen molar-refractivity contribution < 1.29 is 34.1 Å². The molecule has 3 aromatic carbocycles. The molecule has 0 saturated heterocycles. The number of benzene rings is 3. The van der Waals surface area contributed by atoms with E-state index in [2.05, 4.69) is 0 Å². The molecule has 0 aliphatic heterocycles. The monoisotopic (exact) mass is 569 g/mol. The summed E-state index contributed by atoms with van der Waals surface area (Å²) in [7, 11) is 0. The highest BCUT2D eigenvalue weighted by Crippen LogP contribution is 2.28. The zero-order valence-electron chi connectivity index (χ0n) is 23.6. The van der Waals surface area contributed by atoms with Crippen LogP contribution >= 0.6 is 0 Å². The van der Waals surface area contributed by atoms with Crippen molar-refractivity contribution >= 4 is 40.8 Å². The minimum absolute atomic E-state index is 0.0173. The fourth-order valence-electron chi connectivity index (χ4n) is 4.81. The third kappa shape index (κ3) is 8.33. The van der Waals surface area contributed by atoms with Crippen LogP contribution in [0.2, 0.25) is 0 Å². The number of ether oxygens (including phenoxy) is 2. The van der Waals surface area contributed by atoms with Gasteiger partial charge in [-0.15, -0.1) is 0 Å². The lowest BCUT2D eigenvalue weighted by Crippen LogP contribution is -2.05. The molecule has 4 aromatic rings. The molecule has 2 N–H and O–H groups in total. The Morgan fingerprint density at radius 1 is 0.810 bits per heavy atom. The van der Waals surface area contributed by atoms with E-state index in [0.717, 1.165) is 40.6 Å². The van der Waals surface area contributed by atoms with Crippen molar-refractivity contribution in [1.82, 2.24) is 4.57 Å². The number of aliphatic carboxylic acids is 2. The van der Waals surface area contributed by atoms with Gasteiger partial charge in [-0.3, -0.25) is 14.4 Å². The molecule has 0 aliphatic rings. The van der Waals surface area contributed by atoms with Gasteiger partial charge in [0, 0.05) is 30.1 Å². The molecule has 0 bridgehead atoms. The molecule has 0 atom stereocenters. The number of carboxylic acids is 2. The van der Waals surface area contributed by atoms with Crippen molar-refractivity contribution in [2.45, 2.75) is 45.6 Å². The molecule has 42 heavy (non-hydrogen) atoms. The summed E-state index contributed by atoms with van der Waals surface area (Å²) >= 11 is 0. The third-order valence-electron chi connectivity index (χ3n) is 6.82. The number of hydrogen-bond donors (Lipinski definition) is 2. The van der Waals surface area contributed by atoms with Crippen LogP contribution < -0.4 is 9.47 Å². The highest BCUT2D eigenvalue weighted by Gasteiger charge is 2.14. The maximum Gasteiger partial charge on any atom is 0.307 e. The molecule has 4 rings (SSSR count). The first-order valence-electron chi connectivity index (χ1n) is 14.0. The molecule has 1 aromatic heterocycles. The Hall–Kier alpha value is -4.85. The van der Waals surface area contributed by atoms with Gasteiger partial charge in [-0.2, -0.15) is 0 Å². The Labute approximate surface area is 244 Å². The molecular formula is C34H35NO7. The van der Waals surface area contributed by atoms with Gasteiger partial charge < -0.3 is 24.3 Å². The molecule has 218 valence electrons. The van der Waals surface area contributed by atoms with E-state index in [9.17, 15) is 19.5 Å². The van der Waals surface area contributed by atoms with E-state index in [-0.39, 0.29) is 18.6 Å². The average Bonchev–Trinajstić information content (AvgIpc) is 3.31. The van der Waals surface area contributed by atoms with Crippen LogP contribution in [-0.2, 0) is 22.6 Å². The Morgan fingerprint density at radius 2 is 1.55 bits per heavy atom. The van der Waals surface area contributed by atoms with Crippen molar-refractivity contribution in [3.05, 3.63) is 95.2 Å². The van der Waals surface area contributed by atoms with Gasteiger partial charge >= 0.3 is 11.9 Å². The van der Waals surface area contributed by atoms with Crippen LogP contribution in [0.25, 0.3) is 23.1 Å². The summed E-state index contributed by atoms with van der Waals surface area (Å²) in [4.78, 5) is 34.2. The van der Waals surface area contributed by atoms with Crippen molar-refractivity contribution in [2.75, 3.05) is 13.2 Å². The summed E-state index contributed by atoms with van der Waals surface area (Å²) in [5, 5.41) is 19.3. The third-order valence-corrected chi connectivity index (χ3v) is 6.82. The zero-order chi connectivity index (χ0) is 29.9. The number of Topliss-reactive ketones (excluding diaryl/α,β-unsaturated/α-hetero) is 1. The molecule has 0 spiro atoms. The Balaban J connectivity index is 1.33. The van der Waals surface area contributed by atoms with Crippen LogP contribution in [0, 0.1) is 0 Å². The number of aromatic nitrogens is 1. The number of para-hydroxylation sites is 1. The number of unbranched alkanes of at least 4 members (excludes halogenated alkanes) is 1. The van der Waals surface area contributed by atoms with Gasteiger partial charge in [0.2, 0.25) is 0 Å². The molecular weight excluding hydrogens is 534 g/mol. The Morgan fingerprint density at radius 3 is 2.26 bits per heavy atom. The summed E-state index contributed by atoms with van der Waals surface area (Å²) in [6.07, 6.45) is 7.77. The van der Waals surface area contributed by atoms with Crippen LogP contribution in [0.5, 0.6) is 11.5 Å². The number of carbonyl (C=O) groups excluding carboxylic acids is 1. The number of carboxylic acid groups (broad SMARTS) is 2. The Bertz CT molecular complexity index is 1570. The predicted octanol–water partition coefficient (Wildman–Crippen LogP) is 6.74. The maximum absolute atomic E-state index is 11.7. The van der Waals surface area contributed by atoms with Gasteiger partial charge in [0.05, 0.1) is 25.2 Å². The normalized spacial score (nSPS) is 11.2. The van der Waals surface area contributed by atoms with E-state index in [4.69, 9.17) is 14.6 Å². The summed E-state index contributed by atoms with van der Waals surface area (Å²) in [5.74, 6) is -0.414. The number of nitrogens with zero attached hydrogens (tertiary/aromatic N) is 1. The molecule has 8 nitrogen and oxygen atoms in total. The molecule has 0 amide bonds. The molecule has 1 heterocycles. The van der Waals surface area contributed by atoms with Gasteiger partial charge in [0.15, 0.2) is 5.78 Å². The van der Waals surface area contributed by atoms with Crippen molar-refractivity contribution in [1.29, 1.82) is 0 Å². The topological polar surface area (TPSA) is 115 Å². The van der Waals surface area contributed by atoms with Gasteiger partial charge in [-0.05, 0) is 73.2 Å². The van der Waals surface area contributed by atoms with Gasteiger partial charge in [0.1, 0.15) is 11.5 Å². The lowest BCUT2D eigenvalue weighted by atomic mass is 10.0. The standard InChI is InChI=1S/C34H35NO7/c1-24(36)29-9-2-3-11-31(29)42-21-5-4-20-41-28-17-14-25(15-18-28)13-16-26-8-6-10-30-34(26)27(22-33(39)40)23-35(30)19-7-12-32(37)38/h2-3,6,8-11,13-18,23H,4-5,7,12,19-22H2,1H3,(H,37,38)(H,39,40)/b16-13+. The zero-order valence-corrected chi connectivity index (χ0v) is 23.6. The second kappa shape index (κ2) is 14.7. The molecule has 0 saturated carbocycles. The number of aryl methyl sites for hydroxylation is 1. The highest BCUT2D eigenvalue weighted by atomic mass is 16.5. The highest BCUT2D eigenvalue weighted by molar-refractivity contribution is 5.97. The van der Waals surface area contributed by atoms with Gasteiger partial charge in [-0.25, -0.2) is 0 Å². The van der Waals surface area contributed by atoms with Crippen molar-refractivity contribution in [3.8, 4) is 11.5 Å². The first kappa shape index (κ1) is 30.1. The van der Waals surface area contributed by atoms with Crippen LogP contribution in [0.1, 0.15) is 59.7 Å². The minimum Gasteiger partial charge on any atom is -0.494 e. The van der Waals surface area contributed by atoms with Crippen molar-refractivity contribution in [2.24, 2.45) is 0 Å². The number of ketones is 1. The van der Waals surface area contributed by atoms with E-state index in [0.29, 0.717) is 43.1 Å². The van der Waals surface area contributed by atoms with Gasteiger partial charge in [0.25, 0.3) is 0 Å². The lowest BCUT2D eigenvalue weighted by Gasteiger charge is -2.10. The molecule has 8 heteroatoms. The summed E-state index contributed by atoms with van der Waals surface area (Å²) < 4.78 is 13.6. The van der Waals surface area contributed by atoms with E-state index in [1.54, 1.807) is 12.1 Å². The average molecular weight is 570 g/mol. The Kier molecular flexibility index (Phi) is 10.5. The van der Waals surface area contributed by atoms with E-state index < -0.39 is 11.9 Å². The largest absolute Gasteiger partial charge is 0.494 e. The predicted molar refractivity (Wildman–Crippen MR) is 162 cm³/mol. The second-order valence-corrected chi connectivity index (χ2v) is 10.0. The molecule has 0 fully saturated rings. The summed E-state index contributed by atoms with van der Waals surface area (Å²) in [6.45, 7) is 3.08. The fourth-order valence-corrected chi connectivity index (χ4v) is 4.81. The van der Waals surface area contributed by atoms with Crippen LogP contribution in [0.3, 0.4) is 0 Å². The summed E-state index contributed by atoms with van der Waals surface area (Å²) in [6, 6.07) is 20.8. The summed E-state index contributed by atoms with van der Waals surface area (Å²) in [5.41, 5.74) is 4.04. The number of carbonyl (C=O) groups is 3. The van der Waals surface area contributed by atoms with E-state index in [1.165, 1.54) is 6.92 Å². The second-order valence-electron chi connectivity index (χ2n) is 10.0. The minimum atomic E-state index is -0.917. The van der Waals surface area contributed by atoms with Crippen LogP contribution in [0.15, 0.2) is 72.9 Å². The number of fused-ring (bicyclic) bond motifs is 1. The molecule has 0 aliphatic carbocycles. The van der Waals surface area contributed by atoms with Crippen LogP contribution in [-0.4, -0.2) is 45.7 Å². The first-order valence-corrected chi connectivity index (χ1v) is 14.0. The molecule has 0 radical (unpaired) electrons. The first-order chi connectivity index (χ1) is 20.3. The van der Waals surface area contributed by atoms with E-state index in [1.807, 2.05) is 77.5 Å². The van der Waals surface area contributed by atoms with Gasteiger partial charge in [-0.1, -0.05) is 48.6 Å². The fraction of sp³-hybridized carbons (Fsp3) is 0.265. The van der Waals surface area contributed by atoms with Crippen molar-refractivity contribution in [3.63, 3.8) is 0 Å². The quantitative estimate of drug-likeness (QED) is 0.0872. The molecule has 0 unspecified atom stereocenters.